The normalized spacial score (nSPS) is 10.5. The first kappa shape index (κ1) is 13.9. The van der Waals surface area contributed by atoms with E-state index in [1.807, 2.05) is 19.1 Å². The van der Waals surface area contributed by atoms with Crippen LogP contribution in [0.2, 0.25) is 0 Å². The van der Waals surface area contributed by atoms with Gasteiger partial charge in [-0.1, -0.05) is 38.7 Å². The molecule has 0 amide bonds. The fourth-order valence-corrected chi connectivity index (χ4v) is 1.94. The van der Waals surface area contributed by atoms with Crippen LogP contribution in [0.1, 0.15) is 50.2 Å². The topological polar surface area (TPSA) is 35.2 Å². The third kappa shape index (κ3) is 4.29. The summed E-state index contributed by atoms with van der Waals surface area (Å²) in [5.41, 5.74) is 8.94. The molecule has 0 aliphatic carbocycles. The molecular formula is C15H25NO. The summed E-state index contributed by atoms with van der Waals surface area (Å²) < 4.78 is 5.85. The largest absolute Gasteiger partial charge is 0.493 e. The zero-order valence-electron chi connectivity index (χ0n) is 11.4. The summed E-state index contributed by atoms with van der Waals surface area (Å²) in [5.74, 6) is 0.973. The quantitative estimate of drug-likeness (QED) is 0.567. The standard InChI is InChI=1S/C15H25NO/c1-4-5-6-7-8-11-17-15-12(2)9-10-14(16)13(15)3/h9-10H,4-8,11,16H2,1-3H3. The van der Waals surface area contributed by atoms with Gasteiger partial charge in [0.15, 0.2) is 0 Å². The van der Waals surface area contributed by atoms with Crippen molar-refractivity contribution in [3.8, 4) is 5.75 Å². The van der Waals surface area contributed by atoms with E-state index in [1.165, 1.54) is 31.2 Å². The summed E-state index contributed by atoms with van der Waals surface area (Å²) in [4.78, 5) is 0. The first-order chi connectivity index (χ1) is 8.16. The van der Waals surface area contributed by atoms with E-state index >= 15 is 0 Å². The van der Waals surface area contributed by atoms with Crippen molar-refractivity contribution in [1.82, 2.24) is 0 Å². The Labute approximate surface area is 105 Å². The summed E-state index contributed by atoms with van der Waals surface area (Å²) in [7, 11) is 0. The van der Waals surface area contributed by atoms with Gasteiger partial charge in [0, 0.05) is 11.3 Å². The lowest BCUT2D eigenvalue weighted by molar-refractivity contribution is 0.301. The Kier molecular flexibility index (Phi) is 5.88. The number of nitrogen functional groups attached to an aromatic ring is 1. The Morgan fingerprint density at radius 2 is 1.76 bits per heavy atom. The Hall–Kier alpha value is -1.18. The van der Waals surface area contributed by atoms with Crippen molar-refractivity contribution >= 4 is 5.69 Å². The number of aryl methyl sites for hydroxylation is 1. The Morgan fingerprint density at radius 1 is 1.06 bits per heavy atom. The number of hydrogen-bond acceptors (Lipinski definition) is 2. The molecule has 2 N–H and O–H groups in total. The molecule has 1 aromatic rings. The second-order valence-corrected chi connectivity index (χ2v) is 4.69. The molecule has 1 rings (SSSR count). The fraction of sp³-hybridized carbons (Fsp3) is 0.600. The van der Waals surface area contributed by atoms with Gasteiger partial charge in [-0.05, 0) is 31.9 Å². The maximum atomic E-state index is 5.88. The minimum atomic E-state index is 0.800. The fourth-order valence-electron chi connectivity index (χ4n) is 1.94. The van der Waals surface area contributed by atoms with Gasteiger partial charge in [-0.3, -0.25) is 0 Å². The maximum absolute atomic E-state index is 5.88. The lowest BCUT2D eigenvalue weighted by atomic mass is 10.1. The van der Waals surface area contributed by atoms with Crippen molar-refractivity contribution in [3.63, 3.8) is 0 Å². The van der Waals surface area contributed by atoms with Crippen LogP contribution in [0, 0.1) is 13.8 Å². The van der Waals surface area contributed by atoms with Crippen LogP contribution >= 0.6 is 0 Å². The maximum Gasteiger partial charge on any atom is 0.127 e. The number of benzene rings is 1. The van der Waals surface area contributed by atoms with E-state index in [0.29, 0.717) is 0 Å². The molecule has 0 radical (unpaired) electrons. The molecule has 0 atom stereocenters. The molecule has 0 aliphatic rings. The highest BCUT2D eigenvalue weighted by molar-refractivity contribution is 5.56. The zero-order chi connectivity index (χ0) is 12.7. The molecule has 1 aromatic carbocycles. The summed E-state index contributed by atoms with van der Waals surface area (Å²) >= 11 is 0. The van der Waals surface area contributed by atoms with Gasteiger partial charge < -0.3 is 10.5 Å². The van der Waals surface area contributed by atoms with E-state index in [9.17, 15) is 0 Å². The van der Waals surface area contributed by atoms with Crippen LogP contribution in [-0.2, 0) is 0 Å². The smallest absolute Gasteiger partial charge is 0.127 e. The van der Waals surface area contributed by atoms with E-state index in [4.69, 9.17) is 10.5 Å². The van der Waals surface area contributed by atoms with Crippen molar-refractivity contribution in [2.45, 2.75) is 52.9 Å². The Bertz CT molecular complexity index is 347. The minimum Gasteiger partial charge on any atom is -0.493 e. The van der Waals surface area contributed by atoms with Crippen molar-refractivity contribution in [2.24, 2.45) is 0 Å². The van der Waals surface area contributed by atoms with Crippen molar-refractivity contribution < 1.29 is 4.74 Å². The van der Waals surface area contributed by atoms with Crippen molar-refractivity contribution in [1.29, 1.82) is 0 Å². The summed E-state index contributed by atoms with van der Waals surface area (Å²) in [5, 5.41) is 0. The summed E-state index contributed by atoms with van der Waals surface area (Å²) in [6.45, 7) is 7.12. The monoisotopic (exact) mass is 235 g/mol. The number of hydrogen-bond donors (Lipinski definition) is 1. The van der Waals surface area contributed by atoms with Crippen LogP contribution in [0.5, 0.6) is 5.75 Å². The second-order valence-electron chi connectivity index (χ2n) is 4.69. The number of anilines is 1. The van der Waals surface area contributed by atoms with Crippen LogP contribution < -0.4 is 10.5 Å². The summed E-state index contributed by atoms with van der Waals surface area (Å²) in [6, 6.07) is 3.97. The first-order valence-electron chi connectivity index (χ1n) is 6.65. The average molecular weight is 235 g/mol. The molecule has 0 heterocycles. The highest BCUT2D eigenvalue weighted by Gasteiger charge is 2.06. The van der Waals surface area contributed by atoms with Gasteiger partial charge in [-0.15, -0.1) is 0 Å². The molecule has 0 bridgehead atoms. The Morgan fingerprint density at radius 3 is 2.47 bits per heavy atom. The molecule has 2 nitrogen and oxygen atoms in total. The van der Waals surface area contributed by atoms with E-state index < -0.39 is 0 Å². The Balaban J connectivity index is 2.39. The van der Waals surface area contributed by atoms with Gasteiger partial charge in [0.05, 0.1) is 6.61 Å². The second kappa shape index (κ2) is 7.21. The molecule has 96 valence electrons. The number of nitrogens with two attached hydrogens (primary N) is 1. The molecule has 0 unspecified atom stereocenters. The molecule has 0 aromatic heterocycles. The zero-order valence-corrected chi connectivity index (χ0v) is 11.4. The lowest BCUT2D eigenvalue weighted by Gasteiger charge is -2.13. The molecular weight excluding hydrogens is 210 g/mol. The highest BCUT2D eigenvalue weighted by Crippen LogP contribution is 2.27. The highest BCUT2D eigenvalue weighted by atomic mass is 16.5. The van der Waals surface area contributed by atoms with Crippen molar-refractivity contribution in [3.05, 3.63) is 23.3 Å². The van der Waals surface area contributed by atoms with Crippen LogP contribution in [0.3, 0.4) is 0 Å². The number of rotatable bonds is 7. The van der Waals surface area contributed by atoms with E-state index in [1.54, 1.807) is 0 Å². The molecule has 0 saturated carbocycles. The molecule has 0 fully saturated rings. The molecule has 0 saturated heterocycles. The third-order valence-electron chi connectivity index (χ3n) is 3.14. The van der Waals surface area contributed by atoms with Crippen LogP contribution in [-0.4, -0.2) is 6.61 Å². The van der Waals surface area contributed by atoms with Crippen molar-refractivity contribution in [2.75, 3.05) is 12.3 Å². The van der Waals surface area contributed by atoms with Gasteiger partial charge in [0.1, 0.15) is 5.75 Å². The van der Waals surface area contributed by atoms with Crippen LogP contribution in [0.15, 0.2) is 12.1 Å². The molecule has 2 heteroatoms. The van der Waals surface area contributed by atoms with Gasteiger partial charge in [-0.2, -0.15) is 0 Å². The van der Waals surface area contributed by atoms with Crippen LogP contribution in [0.4, 0.5) is 5.69 Å². The van der Waals surface area contributed by atoms with E-state index in [0.717, 1.165) is 30.0 Å². The first-order valence-corrected chi connectivity index (χ1v) is 6.65. The number of unbranched alkanes of at least 4 members (excludes halogenated alkanes) is 4. The van der Waals surface area contributed by atoms with Crippen LogP contribution in [0.25, 0.3) is 0 Å². The molecule has 0 aliphatic heterocycles. The predicted octanol–water partition coefficient (Wildman–Crippen LogP) is 4.23. The third-order valence-corrected chi connectivity index (χ3v) is 3.14. The van der Waals surface area contributed by atoms with Gasteiger partial charge in [0.2, 0.25) is 0 Å². The molecule has 17 heavy (non-hydrogen) atoms. The van der Waals surface area contributed by atoms with Gasteiger partial charge in [-0.25, -0.2) is 0 Å². The summed E-state index contributed by atoms with van der Waals surface area (Å²) in [6.07, 6.45) is 6.32. The lowest BCUT2D eigenvalue weighted by Crippen LogP contribution is -2.02. The van der Waals surface area contributed by atoms with Gasteiger partial charge >= 0.3 is 0 Å². The van der Waals surface area contributed by atoms with Gasteiger partial charge in [0.25, 0.3) is 0 Å². The SMILES string of the molecule is CCCCCCCOc1c(C)ccc(N)c1C. The minimum absolute atomic E-state index is 0.800. The van der Waals surface area contributed by atoms with E-state index in [-0.39, 0.29) is 0 Å². The van der Waals surface area contributed by atoms with E-state index in [2.05, 4.69) is 13.8 Å². The predicted molar refractivity (Wildman–Crippen MR) is 74.6 cm³/mol. The average Bonchev–Trinajstić information content (AvgIpc) is 2.32. The molecule has 0 spiro atoms. The number of ether oxygens (including phenoxy) is 1.